The van der Waals surface area contributed by atoms with E-state index in [0.717, 1.165) is 38.9 Å². The predicted octanol–water partition coefficient (Wildman–Crippen LogP) is 14.2. The van der Waals surface area contributed by atoms with Crippen LogP contribution >= 0.6 is 11.3 Å². The van der Waals surface area contributed by atoms with E-state index in [4.69, 9.17) is 9.97 Å². The summed E-state index contributed by atoms with van der Waals surface area (Å²) in [5.74, 6) is 0.655. The smallest absolute Gasteiger partial charge is 0.235 e. The van der Waals surface area contributed by atoms with E-state index in [9.17, 15) is 0 Å². The first-order valence-electron chi connectivity index (χ1n) is 19.3. The second-order valence-electron chi connectivity index (χ2n) is 14.9. The summed E-state index contributed by atoms with van der Waals surface area (Å²) in [6.45, 7) is 0. The number of fused-ring (bicyclic) bond motifs is 14. The van der Waals surface area contributed by atoms with Gasteiger partial charge in [0.25, 0.3) is 0 Å². The van der Waals surface area contributed by atoms with Gasteiger partial charge in [-0.15, -0.1) is 11.3 Å². The quantitative estimate of drug-likeness (QED) is 0.181. The van der Waals surface area contributed by atoms with Gasteiger partial charge in [-0.1, -0.05) is 146 Å². The molecule has 13 rings (SSSR count). The molecule has 0 bridgehead atoms. The van der Waals surface area contributed by atoms with Crippen LogP contribution in [0.3, 0.4) is 0 Å². The van der Waals surface area contributed by atoms with Crippen LogP contribution in [0, 0.1) is 0 Å². The molecular weight excluding hydrogens is 713 g/mol. The van der Waals surface area contributed by atoms with Gasteiger partial charge in [-0.05, 0) is 52.6 Å². The molecule has 9 aromatic carbocycles. The van der Waals surface area contributed by atoms with Gasteiger partial charge in [0, 0.05) is 63.7 Å². The minimum Gasteiger partial charge on any atom is -0.309 e. The van der Waals surface area contributed by atoms with E-state index in [1.54, 1.807) is 0 Å². The topological polar surface area (TPSA) is 35.6 Å². The van der Waals surface area contributed by atoms with Crippen molar-refractivity contribution in [3.8, 4) is 22.9 Å². The Morgan fingerprint density at radius 2 is 1.09 bits per heavy atom. The lowest BCUT2D eigenvalue weighted by atomic mass is 10.0. The summed E-state index contributed by atoms with van der Waals surface area (Å²) >= 11 is 1.83. The van der Waals surface area contributed by atoms with Gasteiger partial charge in [0.1, 0.15) is 0 Å². The lowest BCUT2D eigenvalue weighted by Crippen LogP contribution is -2.04. The van der Waals surface area contributed by atoms with Gasteiger partial charge in [0.2, 0.25) is 5.95 Å². The zero-order chi connectivity index (χ0) is 37.2. The highest BCUT2D eigenvalue weighted by atomic mass is 32.1. The van der Waals surface area contributed by atoms with Crippen molar-refractivity contribution in [3.63, 3.8) is 0 Å². The number of thiophene rings is 1. The number of nitrogens with zero attached hydrogens (tertiary/aromatic N) is 4. The minimum absolute atomic E-state index is 0.655. The molecule has 0 amide bonds. The molecule has 57 heavy (non-hydrogen) atoms. The number of benzene rings is 9. The summed E-state index contributed by atoms with van der Waals surface area (Å²) in [5, 5.41) is 13.3. The molecule has 0 saturated carbocycles. The van der Waals surface area contributed by atoms with Crippen molar-refractivity contribution in [3.05, 3.63) is 182 Å². The van der Waals surface area contributed by atoms with Crippen molar-refractivity contribution in [1.29, 1.82) is 0 Å². The Bertz CT molecular complexity index is 3830. The average molecular weight is 743 g/mol. The number of hydrogen-bond donors (Lipinski definition) is 0. The molecule has 4 aromatic heterocycles. The van der Waals surface area contributed by atoms with E-state index in [-0.39, 0.29) is 0 Å². The highest BCUT2D eigenvalue weighted by molar-refractivity contribution is 7.26. The van der Waals surface area contributed by atoms with E-state index in [0.29, 0.717) is 5.95 Å². The largest absolute Gasteiger partial charge is 0.309 e. The molecule has 0 radical (unpaired) electrons. The second kappa shape index (κ2) is 11.6. The SMILES string of the molecule is c1ccc2c(c1)ccc1c2c2ccc(-n3c4ccccc4c4ccc5ccccc5c43)cc2n1-c1nc(-c2cccc3c2sc2ccccc23)c2ccccc2n1. The summed E-state index contributed by atoms with van der Waals surface area (Å²) in [6, 6.07) is 65.9. The number of aromatic nitrogens is 4. The molecule has 0 fully saturated rings. The van der Waals surface area contributed by atoms with Crippen LogP contribution in [-0.4, -0.2) is 19.1 Å². The van der Waals surface area contributed by atoms with Gasteiger partial charge in [0.05, 0.1) is 33.3 Å². The van der Waals surface area contributed by atoms with Gasteiger partial charge >= 0.3 is 0 Å². The molecule has 5 heteroatoms. The maximum Gasteiger partial charge on any atom is 0.235 e. The van der Waals surface area contributed by atoms with E-state index >= 15 is 0 Å². The van der Waals surface area contributed by atoms with Crippen molar-refractivity contribution < 1.29 is 0 Å². The van der Waals surface area contributed by atoms with Crippen molar-refractivity contribution in [2.75, 3.05) is 0 Å². The van der Waals surface area contributed by atoms with Crippen LogP contribution < -0.4 is 0 Å². The maximum atomic E-state index is 5.60. The Morgan fingerprint density at radius 1 is 0.404 bits per heavy atom. The number of para-hydroxylation sites is 2. The standard InChI is InChI=1S/C52H30N4S/c1-3-14-34-31(12-1)25-29-45-48(34)41-28-26-33(55-44-22-9-6-16-36(44)38-27-24-32-13-2-4-15-35(32)50(38)55)30-46(41)56(45)52-53-43-21-8-5-18-40(43)49(54-52)42-20-11-19-39-37-17-7-10-23-47(37)57-51(39)42/h1-30H. The minimum atomic E-state index is 0.655. The number of rotatable bonds is 3. The summed E-state index contributed by atoms with van der Waals surface area (Å²) in [5.41, 5.74) is 8.60. The lowest BCUT2D eigenvalue weighted by molar-refractivity contribution is 1.01. The van der Waals surface area contributed by atoms with Gasteiger partial charge in [0.15, 0.2) is 0 Å². The van der Waals surface area contributed by atoms with Gasteiger partial charge in [-0.3, -0.25) is 4.57 Å². The van der Waals surface area contributed by atoms with Crippen LogP contribution in [0.2, 0.25) is 0 Å². The van der Waals surface area contributed by atoms with Gasteiger partial charge < -0.3 is 4.57 Å². The molecule has 0 unspecified atom stereocenters. The zero-order valence-corrected chi connectivity index (χ0v) is 31.3. The highest BCUT2D eigenvalue weighted by Crippen LogP contribution is 2.43. The Kier molecular flexibility index (Phi) is 6.29. The van der Waals surface area contributed by atoms with Crippen LogP contribution in [0.5, 0.6) is 0 Å². The fraction of sp³-hybridized carbons (Fsp3) is 0. The normalized spacial score (nSPS) is 12.2. The molecule has 0 aliphatic rings. The van der Waals surface area contributed by atoms with E-state index < -0.39 is 0 Å². The second-order valence-corrected chi connectivity index (χ2v) is 16.0. The fourth-order valence-corrected chi connectivity index (χ4v) is 10.6. The van der Waals surface area contributed by atoms with Crippen LogP contribution in [0.15, 0.2) is 182 Å². The van der Waals surface area contributed by atoms with Gasteiger partial charge in [-0.25, -0.2) is 9.97 Å². The third kappa shape index (κ3) is 4.32. The summed E-state index contributed by atoms with van der Waals surface area (Å²) < 4.78 is 7.26. The predicted molar refractivity (Wildman–Crippen MR) is 242 cm³/mol. The zero-order valence-electron chi connectivity index (χ0n) is 30.5. The first kappa shape index (κ1) is 30.9. The van der Waals surface area contributed by atoms with E-state index in [1.807, 2.05) is 11.3 Å². The molecule has 4 nitrogen and oxygen atoms in total. The molecule has 0 saturated heterocycles. The van der Waals surface area contributed by atoms with E-state index in [1.165, 1.54) is 74.3 Å². The Morgan fingerprint density at radius 3 is 1.98 bits per heavy atom. The van der Waals surface area contributed by atoms with Crippen molar-refractivity contribution in [2.24, 2.45) is 0 Å². The molecule has 0 atom stereocenters. The molecule has 0 aliphatic heterocycles. The summed E-state index contributed by atoms with van der Waals surface area (Å²) in [7, 11) is 0. The maximum absolute atomic E-state index is 5.60. The molecule has 0 N–H and O–H groups in total. The fourth-order valence-electron chi connectivity index (χ4n) is 9.43. The summed E-state index contributed by atoms with van der Waals surface area (Å²) in [4.78, 5) is 11.0. The molecule has 264 valence electrons. The molecule has 0 aliphatic carbocycles. The molecular formula is C52H30N4S. The van der Waals surface area contributed by atoms with Crippen molar-refractivity contribution in [1.82, 2.24) is 19.1 Å². The Labute approximate surface area is 330 Å². The van der Waals surface area contributed by atoms with Gasteiger partial charge in [-0.2, -0.15) is 0 Å². The third-order valence-corrected chi connectivity index (χ3v) is 13.1. The first-order chi connectivity index (χ1) is 28.3. The third-order valence-electron chi connectivity index (χ3n) is 11.9. The first-order valence-corrected chi connectivity index (χ1v) is 20.2. The molecule has 13 aromatic rings. The monoisotopic (exact) mass is 742 g/mol. The molecule has 0 spiro atoms. The highest BCUT2D eigenvalue weighted by Gasteiger charge is 2.22. The van der Waals surface area contributed by atoms with Crippen LogP contribution in [0.1, 0.15) is 0 Å². The van der Waals surface area contributed by atoms with Crippen LogP contribution in [0.4, 0.5) is 0 Å². The summed E-state index contributed by atoms with van der Waals surface area (Å²) in [6.07, 6.45) is 0. The Hall–Kier alpha value is -7.34. The van der Waals surface area contributed by atoms with E-state index in [2.05, 4.69) is 191 Å². The van der Waals surface area contributed by atoms with Crippen molar-refractivity contribution >= 4 is 108 Å². The number of hydrogen-bond acceptors (Lipinski definition) is 3. The van der Waals surface area contributed by atoms with Crippen LogP contribution in [-0.2, 0) is 0 Å². The Balaban J connectivity index is 1.16. The average Bonchev–Trinajstić information content (AvgIpc) is 3.94. The van der Waals surface area contributed by atoms with Crippen LogP contribution in [0.25, 0.3) is 119 Å². The lowest BCUT2D eigenvalue weighted by Gasteiger charge is -2.13. The van der Waals surface area contributed by atoms with Crippen molar-refractivity contribution in [2.45, 2.75) is 0 Å². The molecule has 4 heterocycles.